The third kappa shape index (κ3) is 6.10. The molecule has 1 N–H and O–H groups in total. The number of benzene rings is 3. The molecule has 0 aliphatic carbocycles. The standard InChI is InChI=1S/C27H24N2O5S/c1-18-8-11-21(12-9-18)28-25(30)17-34-22-13-10-20(14-23(22)33-2)15-24-26(31)29(27(32)35-24)16-19-6-4-3-5-7-19/h3-15H,16-17H2,1-2H3,(H,28,30)/b24-15-. The third-order valence-corrected chi connectivity index (χ3v) is 6.14. The molecule has 3 amide bonds. The second kappa shape index (κ2) is 10.9. The van der Waals surface area contributed by atoms with Gasteiger partial charge in [0, 0.05) is 5.69 Å². The van der Waals surface area contributed by atoms with E-state index in [-0.39, 0.29) is 30.2 Å². The normalized spacial score (nSPS) is 14.3. The maximum Gasteiger partial charge on any atom is 0.293 e. The molecule has 3 aromatic carbocycles. The molecule has 1 saturated heterocycles. The number of anilines is 1. The van der Waals surface area contributed by atoms with Gasteiger partial charge in [-0.25, -0.2) is 0 Å². The summed E-state index contributed by atoms with van der Waals surface area (Å²) in [7, 11) is 1.49. The van der Waals surface area contributed by atoms with Crippen molar-refractivity contribution in [1.29, 1.82) is 0 Å². The lowest BCUT2D eigenvalue weighted by Gasteiger charge is -2.12. The minimum Gasteiger partial charge on any atom is -0.493 e. The quantitative estimate of drug-likeness (QED) is 0.436. The van der Waals surface area contributed by atoms with Gasteiger partial charge in [0.25, 0.3) is 17.1 Å². The van der Waals surface area contributed by atoms with Crippen LogP contribution in [-0.4, -0.2) is 35.7 Å². The molecule has 4 rings (SSSR count). The fourth-order valence-electron chi connectivity index (χ4n) is 3.42. The van der Waals surface area contributed by atoms with Crippen LogP contribution < -0.4 is 14.8 Å². The molecule has 7 nitrogen and oxygen atoms in total. The highest BCUT2D eigenvalue weighted by molar-refractivity contribution is 8.18. The zero-order chi connectivity index (χ0) is 24.8. The molecule has 0 bridgehead atoms. The van der Waals surface area contributed by atoms with E-state index in [2.05, 4.69) is 5.32 Å². The molecular weight excluding hydrogens is 464 g/mol. The summed E-state index contributed by atoms with van der Waals surface area (Å²) in [5.41, 5.74) is 3.34. The van der Waals surface area contributed by atoms with Crippen LogP contribution in [-0.2, 0) is 16.1 Å². The van der Waals surface area contributed by atoms with Crippen molar-refractivity contribution in [3.63, 3.8) is 0 Å². The molecule has 0 aromatic heterocycles. The molecule has 0 saturated carbocycles. The van der Waals surface area contributed by atoms with Crippen LogP contribution >= 0.6 is 11.8 Å². The molecule has 0 radical (unpaired) electrons. The number of rotatable bonds is 8. The Hall–Kier alpha value is -4.04. The highest BCUT2D eigenvalue weighted by Gasteiger charge is 2.35. The molecule has 1 heterocycles. The summed E-state index contributed by atoms with van der Waals surface area (Å²) in [5, 5.41) is 2.47. The van der Waals surface area contributed by atoms with E-state index < -0.39 is 0 Å². The van der Waals surface area contributed by atoms with E-state index in [1.54, 1.807) is 24.3 Å². The van der Waals surface area contributed by atoms with Crippen LogP contribution in [0.25, 0.3) is 6.08 Å². The van der Waals surface area contributed by atoms with Gasteiger partial charge in [0.1, 0.15) is 0 Å². The number of imide groups is 1. The number of carbonyl (C=O) groups is 3. The maximum atomic E-state index is 12.8. The highest BCUT2D eigenvalue weighted by Crippen LogP contribution is 2.35. The van der Waals surface area contributed by atoms with Gasteiger partial charge in [0.05, 0.1) is 18.6 Å². The predicted molar refractivity (Wildman–Crippen MR) is 136 cm³/mol. The summed E-state index contributed by atoms with van der Waals surface area (Å²) >= 11 is 0.903. The lowest BCUT2D eigenvalue weighted by atomic mass is 10.1. The van der Waals surface area contributed by atoms with Crippen LogP contribution in [0.5, 0.6) is 11.5 Å². The number of carbonyl (C=O) groups excluding carboxylic acids is 3. The van der Waals surface area contributed by atoms with E-state index in [9.17, 15) is 14.4 Å². The Morgan fingerprint density at radius 2 is 1.74 bits per heavy atom. The smallest absolute Gasteiger partial charge is 0.293 e. The van der Waals surface area contributed by atoms with E-state index >= 15 is 0 Å². The molecule has 1 aliphatic rings. The Bertz CT molecular complexity index is 1270. The first-order valence-corrected chi connectivity index (χ1v) is 11.7. The number of amides is 3. The van der Waals surface area contributed by atoms with Gasteiger partial charge in [-0.2, -0.15) is 0 Å². The maximum absolute atomic E-state index is 12.8. The first kappa shape index (κ1) is 24.1. The van der Waals surface area contributed by atoms with Gasteiger partial charge in [-0.05, 0) is 60.2 Å². The molecule has 178 valence electrons. The van der Waals surface area contributed by atoms with E-state index in [1.807, 2.05) is 61.5 Å². The summed E-state index contributed by atoms with van der Waals surface area (Å²) in [4.78, 5) is 39.0. The van der Waals surface area contributed by atoms with Gasteiger partial charge in [-0.3, -0.25) is 19.3 Å². The van der Waals surface area contributed by atoms with Gasteiger partial charge < -0.3 is 14.8 Å². The molecule has 1 fully saturated rings. The molecule has 3 aromatic rings. The van der Waals surface area contributed by atoms with Crippen molar-refractivity contribution < 1.29 is 23.9 Å². The third-order valence-electron chi connectivity index (χ3n) is 5.24. The second-order valence-electron chi connectivity index (χ2n) is 7.87. The number of ether oxygens (including phenoxy) is 2. The van der Waals surface area contributed by atoms with Gasteiger partial charge >= 0.3 is 0 Å². The minimum atomic E-state index is -0.337. The molecule has 8 heteroatoms. The predicted octanol–water partition coefficient (Wildman–Crippen LogP) is 5.26. The SMILES string of the molecule is COc1cc(/C=C2\SC(=O)N(Cc3ccccc3)C2=O)ccc1OCC(=O)Nc1ccc(C)cc1. The lowest BCUT2D eigenvalue weighted by Crippen LogP contribution is -2.27. The van der Waals surface area contributed by atoms with Gasteiger partial charge in [-0.15, -0.1) is 0 Å². The Kier molecular flexibility index (Phi) is 7.52. The van der Waals surface area contributed by atoms with E-state index in [1.165, 1.54) is 12.0 Å². The van der Waals surface area contributed by atoms with Crippen LogP contribution in [0, 0.1) is 6.92 Å². The number of nitrogens with zero attached hydrogens (tertiary/aromatic N) is 1. The van der Waals surface area contributed by atoms with Crippen LogP contribution in [0.4, 0.5) is 10.5 Å². The fourth-order valence-corrected chi connectivity index (χ4v) is 4.26. The van der Waals surface area contributed by atoms with Crippen molar-refractivity contribution >= 4 is 40.6 Å². The summed E-state index contributed by atoms with van der Waals surface area (Å²) in [5.74, 6) is 0.161. The topological polar surface area (TPSA) is 84.9 Å². The Labute approximate surface area is 207 Å². The van der Waals surface area contributed by atoms with E-state index in [0.717, 1.165) is 22.9 Å². The molecule has 35 heavy (non-hydrogen) atoms. The van der Waals surface area contributed by atoms with Crippen molar-refractivity contribution in [3.05, 3.63) is 94.4 Å². The first-order chi connectivity index (χ1) is 16.9. The van der Waals surface area contributed by atoms with Crippen molar-refractivity contribution in [2.75, 3.05) is 19.0 Å². The minimum absolute atomic E-state index is 0.193. The van der Waals surface area contributed by atoms with Crippen LogP contribution in [0.1, 0.15) is 16.7 Å². The van der Waals surface area contributed by atoms with Crippen molar-refractivity contribution in [2.45, 2.75) is 13.5 Å². The summed E-state index contributed by atoms with van der Waals surface area (Å²) in [6.07, 6.45) is 1.65. The highest BCUT2D eigenvalue weighted by atomic mass is 32.2. The van der Waals surface area contributed by atoms with Crippen molar-refractivity contribution in [2.24, 2.45) is 0 Å². The zero-order valence-corrected chi connectivity index (χ0v) is 20.1. The van der Waals surface area contributed by atoms with E-state index in [0.29, 0.717) is 27.7 Å². The second-order valence-corrected chi connectivity index (χ2v) is 8.86. The number of hydrogen-bond donors (Lipinski definition) is 1. The van der Waals surface area contributed by atoms with Crippen molar-refractivity contribution in [1.82, 2.24) is 4.90 Å². The fraction of sp³-hybridized carbons (Fsp3) is 0.148. The molecule has 0 spiro atoms. The largest absolute Gasteiger partial charge is 0.493 e. The average molecular weight is 489 g/mol. The number of methoxy groups -OCH3 is 1. The van der Waals surface area contributed by atoms with Crippen LogP contribution in [0.15, 0.2) is 77.7 Å². The molecule has 0 atom stereocenters. The Morgan fingerprint density at radius 1 is 1.00 bits per heavy atom. The first-order valence-electron chi connectivity index (χ1n) is 10.9. The van der Waals surface area contributed by atoms with Gasteiger partial charge in [0.2, 0.25) is 0 Å². The number of hydrogen-bond acceptors (Lipinski definition) is 6. The Balaban J connectivity index is 1.41. The Morgan fingerprint density at radius 3 is 2.46 bits per heavy atom. The molecule has 0 unspecified atom stereocenters. The monoisotopic (exact) mass is 488 g/mol. The molecular formula is C27H24N2O5S. The summed E-state index contributed by atoms with van der Waals surface area (Å²) < 4.78 is 11.0. The number of thioether (sulfide) groups is 1. The lowest BCUT2D eigenvalue weighted by molar-refractivity contribution is -0.123. The summed E-state index contributed by atoms with van der Waals surface area (Å²) in [6, 6.07) is 21.9. The zero-order valence-electron chi connectivity index (χ0n) is 19.3. The van der Waals surface area contributed by atoms with Crippen molar-refractivity contribution in [3.8, 4) is 11.5 Å². The van der Waals surface area contributed by atoms with Crippen LogP contribution in [0.3, 0.4) is 0 Å². The average Bonchev–Trinajstić information content (AvgIpc) is 3.12. The number of nitrogens with one attached hydrogen (secondary N) is 1. The van der Waals surface area contributed by atoms with Crippen LogP contribution in [0.2, 0.25) is 0 Å². The molecule has 1 aliphatic heterocycles. The summed E-state index contributed by atoms with van der Waals surface area (Å²) in [6.45, 7) is 2.01. The van der Waals surface area contributed by atoms with E-state index in [4.69, 9.17) is 9.47 Å². The van der Waals surface area contributed by atoms with Gasteiger partial charge in [-0.1, -0.05) is 54.1 Å². The number of aryl methyl sites for hydroxylation is 1. The van der Waals surface area contributed by atoms with Gasteiger partial charge in [0.15, 0.2) is 18.1 Å².